The van der Waals surface area contributed by atoms with Gasteiger partial charge >= 0.3 is 0 Å². The first-order valence-electron chi connectivity index (χ1n) is 9.43. The van der Waals surface area contributed by atoms with Gasteiger partial charge in [0.1, 0.15) is 5.82 Å². The van der Waals surface area contributed by atoms with Gasteiger partial charge in [0.05, 0.1) is 13.1 Å². The summed E-state index contributed by atoms with van der Waals surface area (Å²) in [6.45, 7) is 2.90. The van der Waals surface area contributed by atoms with E-state index in [1.807, 2.05) is 29.2 Å². The molecule has 0 unspecified atom stereocenters. The molecule has 154 valence electrons. The Morgan fingerprint density at radius 2 is 1.79 bits per heavy atom. The molecule has 1 heterocycles. The zero-order valence-corrected chi connectivity index (χ0v) is 17.0. The highest BCUT2D eigenvalue weighted by atomic mass is 35.5. The van der Waals surface area contributed by atoms with Gasteiger partial charge in [-0.1, -0.05) is 23.7 Å². The summed E-state index contributed by atoms with van der Waals surface area (Å²) in [4.78, 5) is 30.3. The number of rotatable bonds is 6. The lowest BCUT2D eigenvalue weighted by Gasteiger charge is -2.36. The van der Waals surface area contributed by atoms with Crippen LogP contribution in [0.3, 0.4) is 0 Å². The number of halogens is 2. The minimum absolute atomic E-state index is 0.0169. The monoisotopic (exact) mass is 418 g/mol. The lowest BCUT2D eigenvalue weighted by Crippen LogP contribution is -2.51. The van der Waals surface area contributed by atoms with E-state index in [0.29, 0.717) is 23.8 Å². The first kappa shape index (κ1) is 21.1. The van der Waals surface area contributed by atoms with Crippen LogP contribution < -0.4 is 10.2 Å². The molecule has 0 spiro atoms. The molecule has 2 aromatic carbocycles. The van der Waals surface area contributed by atoms with Gasteiger partial charge in [0.25, 0.3) is 0 Å². The maximum absolute atomic E-state index is 13.2. The third kappa shape index (κ3) is 6.17. The summed E-state index contributed by atoms with van der Waals surface area (Å²) >= 11 is 6.05. The summed E-state index contributed by atoms with van der Waals surface area (Å²) < 4.78 is 13.2. The molecular weight excluding hydrogens is 395 g/mol. The number of nitrogens with one attached hydrogen (secondary N) is 1. The third-order valence-corrected chi connectivity index (χ3v) is 4.97. The van der Waals surface area contributed by atoms with Crippen molar-refractivity contribution < 1.29 is 14.0 Å². The molecule has 0 aliphatic carbocycles. The molecule has 29 heavy (non-hydrogen) atoms. The average Bonchev–Trinajstić information content (AvgIpc) is 2.68. The second kappa shape index (κ2) is 9.71. The Hall–Kier alpha value is -2.64. The molecule has 1 aliphatic rings. The molecule has 6 nitrogen and oxygen atoms in total. The molecule has 1 aliphatic heterocycles. The van der Waals surface area contributed by atoms with Crippen molar-refractivity contribution in [3.05, 3.63) is 59.4 Å². The second-order valence-corrected chi connectivity index (χ2v) is 7.51. The molecule has 1 N–H and O–H groups in total. The Balaban J connectivity index is 1.43. The van der Waals surface area contributed by atoms with Crippen LogP contribution in [-0.2, 0) is 9.59 Å². The van der Waals surface area contributed by atoms with Gasteiger partial charge in [0.15, 0.2) is 0 Å². The molecule has 8 heteroatoms. The number of benzene rings is 2. The van der Waals surface area contributed by atoms with Crippen LogP contribution >= 0.6 is 11.6 Å². The zero-order valence-electron chi connectivity index (χ0n) is 16.3. The molecule has 0 aromatic heterocycles. The molecular formula is C21H24ClFN4O2. The van der Waals surface area contributed by atoms with Crippen molar-refractivity contribution >= 4 is 34.8 Å². The highest BCUT2D eigenvalue weighted by Crippen LogP contribution is 2.20. The molecule has 3 rings (SSSR count). The maximum atomic E-state index is 13.2. The number of amides is 2. The molecule has 0 radical (unpaired) electrons. The number of anilines is 2. The van der Waals surface area contributed by atoms with Crippen molar-refractivity contribution in [2.75, 3.05) is 56.5 Å². The lowest BCUT2D eigenvalue weighted by molar-refractivity contribution is -0.132. The predicted octanol–water partition coefficient (Wildman–Crippen LogP) is 2.70. The summed E-state index contributed by atoms with van der Waals surface area (Å²) in [5.41, 5.74) is 1.45. The van der Waals surface area contributed by atoms with E-state index in [9.17, 15) is 14.0 Å². The first-order valence-corrected chi connectivity index (χ1v) is 9.81. The van der Waals surface area contributed by atoms with E-state index in [4.69, 9.17) is 11.6 Å². The van der Waals surface area contributed by atoms with Gasteiger partial charge in [-0.25, -0.2) is 4.39 Å². The summed E-state index contributed by atoms with van der Waals surface area (Å²) in [7, 11) is 1.71. The number of nitrogens with zero attached hydrogens (tertiary/aromatic N) is 3. The fraction of sp³-hybridized carbons (Fsp3) is 0.333. The quantitative estimate of drug-likeness (QED) is 0.783. The van der Waals surface area contributed by atoms with Gasteiger partial charge in [-0.2, -0.15) is 0 Å². The number of hydrogen-bond donors (Lipinski definition) is 1. The fourth-order valence-corrected chi connectivity index (χ4v) is 3.47. The van der Waals surface area contributed by atoms with Crippen molar-refractivity contribution in [3.8, 4) is 0 Å². The van der Waals surface area contributed by atoms with E-state index < -0.39 is 5.82 Å². The number of carbonyl (C=O) groups excluding carboxylic acids is 2. The van der Waals surface area contributed by atoms with Crippen molar-refractivity contribution in [2.24, 2.45) is 0 Å². The Morgan fingerprint density at radius 3 is 2.48 bits per heavy atom. The van der Waals surface area contributed by atoms with Gasteiger partial charge < -0.3 is 15.1 Å². The van der Waals surface area contributed by atoms with E-state index in [1.165, 1.54) is 18.2 Å². The Bertz CT molecular complexity index is 871. The summed E-state index contributed by atoms with van der Waals surface area (Å²) in [6.07, 6.45) is 0. The minimum Gasteiger partial charge on any atom is -0.368 e. The number of piperazine rings is 1. The van der Waals surface area contributed by atoms with E-state index in [2.05, 4.69) is 10.2 Å². The van der Waals surface area contributed by atoms with Crippen LogP contribution in [0.2, 0.25) is 5.02 Å². The minimum atomic E-state index is -0.414. The standard InChI is InChI=1S/C21H24ClFN4O2/c1-25(14-20(28)24-18-6-3-5-17(23)13-18)15-21(29)27-10-8-26(9-11-27)19-7-2-4-16(22)12-19/h2-7,12-13H,8-11,14-15H2,1H3,(H,24,28). The van der Waals surface area contributed by atoms with Crippen molar-refractivity contribution in [2.45, 2.75) is 0 Å². The SMILES string of the molecule is CN(CC(=O)Nc1cccc(F)c1)CC(=O)N1CCN(c2cccc(Cl)c2)CC1. The number of likely N-dealkylation sites (N-methyl/N-ethyl adjacent to an activating group) is 1. The Labute approximate surface area is 174 Å². The third-order valence-electron chi connectivity index (χ3n) is 4.73. The van der Waals surface area contributed by atoms with Crippen molar-refractivity contribution in [1.82, 2.24) is 9.80 Å². The summed E-state index contributed by atoms with van der Waals surface area (Å²) in [6, 6.07) is 13.4. The van der Waals surface area contributed by atoms with Crippen LogP contribution in [0.25, 0.3) is 0 Å². The summed E-state index contributed by atoms with van der Waals surface area (Å²) in [5.74, 6) is -0.725. The molecule has 0 atom stereocenters. The molecule has 1 fully saturated rings. The number of hydrogen-bond acceptors (Lipinski definition) is 4. The Morgan fingerprint density at radius 1 is 1.07 bits per heavy atom. The van der Waals surface area contributed by atoms with Crippen molar-refractivity contribution in [3.63, 3.8) is 0 Å². The van der Waals surface area contributed by atoms with Crippen molar-refractivity contribution in [1.29, 1.82) is 0 Å². The fourth-order valence-electron chi connectivity index (χ4n) is 3.29. The first-order chi connectivity index (χ1) is 13.9. The van der Waals surface area contributed by atoms with Crippen LogP contribution in [0.15, 0.2) is 48.5 Å². The molecule has 0 bridgehead atoms. The van der Waals surface area contributed by atoms with Gasteiger partial charge in [-0.05, 0) is 43.4 Å². The maximum Gasteiger partial charge on any atom is 0.238 e. The summed E-state index contributed by atoms with van der Waals surface area (Å²) in [5, 5.41) is 3.33. The van der Waals surface area contributed by atoms with E-state index in [1.54, 1.807) is 18.0 Å². The largest absolute Gasteiger partial charge is 0.368 e. The molecule has 0 saturated carbocycles. The second-order valence-electron chi connectivity index (χ2n) is 7.08. The van der Waals surface area contributed by atoms with Gasteiger partial charge in [-0.15, -0.1) is 0 Å². The van der Waals surface area contributed by atoms with Crippen LogP contribution in [0.1, 0.15) is 0 Å². The van der Waals surface area contributed by atoms with Gasteiger partial charge in [0.2, 0.25) is 11.8 Å². The van der Waals surface area contributed by atoms with Crippen LogP contribution in [-0.4, -0.2) is 67.9 Å². The number of carbonyl (C=O) groups is 2. The van der Waals surface area contributed by atoms with E-state index in [0.717, 1.165) is 18.8 Å². The predicted molar refractivity (Wildman–Crippen MR) is 113 cm³/mol. The smallest absolute Gasteiger partial charge is 0.238 e. The van der Waals surface area contributed by atoms with Gasteiger partial charge in [-0.3, -0.25) is 14.5 Å². The normalized spacial score (nSPS) is 14.2. The highest BCUT2D eigenvalue weighted by Gasteiger charge is 2.22. The van der Waals surface area contributed by atoms with Crippen LogP contribution in [0, 0.1) is 5.82 Å². The average molecular weight is 419 g/mol. The molecule has 2 aromatic rings. The van der Waals surface area contributed by atoms with Gasteiger partial charge in [0, 0.05) is 42.6 Å². The van der Waals surface area contributed by atoms with Crippen LogP contribution in [0.5, 0.6) is 0 Å². The Kier molecular flexibility index (Phi) is 7.06. The highest BCUT2D eigenvalue weighted by molar-refractivity contribution is 6.30. The lowest BCUT2D eigenvalue weighted by atomic mass is 10.2. The molecule has 2 amide bonds. The van der Waals surface area contributed by atoms with E-state index >= 15 is 0 Å². The zero-order chi connectivity index (χ0) is 20.8. The molecule has 1 saturated heterocycles. The topological polar surface area (TPSA) is 55.9 Å². The van der Waals surface area contributed by atoms with Crippen LogP contribution in [0.4, 0.5) is 15.8 Å². The van der Waals surface area contributed by atoms with E-state index in [-0.39, 0.29) is 24.9 Å².